The van der Waals surface area contributed by atoms with Crippen molar-refractivity contribution in [3.8, 4) is 0 Å². The first-order valence-electron chi connectivity index (χ1n) is 7.60. The molecule has 0 heterocycles. The van der Waals surface area contributed by atoms with Gasteiger partial charge in [-0.05, 0) is 24.2 Å². The van der Waals surface area contributed by atoms with Gasteiger partial charge in [-0.15, -0.1) is 0 Å². The molecular weight excluding hydrogens is 316 g/mol. The lowest BCUT2D eigenvalue weighted by atomic mass is 9.84. The van der Waals surface area contributed by atoms with E-state index in [0.29, 0.717) is 12.3 Å². The van der Waals surface area contributed by atoms with Crippen molar-refractivity contribution < 1.29 is 19.4 Å². The quantitative estimate of drug-likeness (QED) is 0.420. The van der Waals surface area contributed by atoms with Gasteiger partial charge in [0, 0.05) is 12.1 Å². The van der Waals surface area contributed by atoms with E-state index in [4.69, 9.17) is 4.74 Å². The number of non-ortho nitro benzene ring substituents is 2. The molecule has 132 valence electrons. The van der Waals surface area contributed by atoms with Crippen molar-refractivity contribution in [3.63, 3.8) is 0 Å². The van der Waals surface area contributed by atoms with E-state index in [9.17, 15) is 25.0 Å². The van der Waals surface area contributed by atoms with E-state index in [2.05, 4.69) is 27.7 Å². The van der Waals surface area contributed by atoms with Crippen LogP contribution in [-0.4, -0.2) is 22.4 Å². The molecule has 0 spiro atoms. The molecule has 0 aliphatic rings. The smallest absolute Gasteiger partial charge is 0.338 e. The van der Waals surface area contributed by atoms with Crippen molar-refractivity contribution in [2.45, 2.75) is 40.5 Å². The van der Waals surface area contributed by atoms with Crippen LogP contribution in [0.15, 0.2) is 18.2 Å². The molecular formula is C16H22N2O6. The number of carbonyl (C=O) groups excluding carboxylic acids is 1. The Morgan fingerprint density at radius 2 is 1.62 bits per heavy atom. The van der Waals surface area contributed by atoms with Crippen molar-refractivity contribution in [2.75, 3.05) is 6.61 Å². The zero-order chi connectivity index (χ0) is 18.5. The molecule has 0 aliphatic heterocycles. The maximum atomic E-state index is 12.0. The van der Waals surface area contributed by atoms with E-state index in [-0.39, 0.29) is 17.6 Å². The Hall–Kier alpha value is -2.51. The molecule has 1 rings (SSSR count). The lowest BCUT2D eigenvalue weighted by Crippen LogP contribution is -2.14. The number of nitrogens with zero attached hydrogens (tertiary/aromatic N) is 2. The Bertz CT molecular complexity index is 604. The van der Waals surface area contributed by atoms with Gasteiger partial charge in [-0.25, -0.2) is 4.79 Å². The third kappa shape index (κ3) is 6.31. The Morgan fingerprint density at radius 3 is 2.04 bits per heavy atom. The molecule has 1 aromatic rings. The van der Waals surface area contributed by atoms with Crippen LogP contribution in [-0.2, 0) is 4.74 Å². The monoisotopic (exact) mass is 338 g/mol. The van der Waals surface area contributed by atoms with Gasteiger partial charge in [0.1, 0.15) is 0 Å². The van der Waals surface area contributed by atoms with E-state index >= 15 is 0 Å². The van der Waals surface area contributed by atoms with Gasteiger partial charge in [-0.1, -0.05) is 27.7 Å². The number of nitro groups is 2. The molecule has 0 aliphatic carbocycles. The summed E-state index contributed by atoms with van der Waals surface area (Å²) in [5.74, 6) is -0.456. The number of esters is 1. The number of hydrogen-bond acceptors (Lipinski definition) is 6. The summed E-state index contributed by atoms with van der Waals surface area (Å²) < 4.78 is 5.10. The van der Waals surface area contributed by atoms with Crippen LogP contribution in [0.2, 0.25) is 0 Å². The maximum Gasteiger partial charge on any atom is 0.338 e. The summed E-state index contributed by atoms with van der Waals surface area (Å²) in [6.07, 6.45) is 1.62. The van der Waals surface area contributed by atoms with E-state index in [1.165, 1.54) is 0 Å². The summed E-state index contributed by atoms with van der Waals surface area (Å²) in [6, 6.07) is 2.77. The van der Waals surface area contributed by atoms with E-state index < -0.39 is 27.2 Å². The number of nitro benzene ring substituents is 2. The van der Waals surface area contributed by atoms with Crippen LogP contribution in [0.3, 0.4) is 0 Å². The van der Waals surface area contributed by atoms with Gasteiger partial charge < -0.3 is 4.74 Å². The highest BCUT2D eigenvalue weighted by molar-refractivity contribution is 5.91. The Balaban J connectivity index is 2.74. The topological polar surface area (TPSA) is 113 Å². The molecule has 24 heavy (non-hydrogen) atoms. The van der Waals surface area contributed by atoms with Gasteiger partial charge in [0.2, 0.25) is 0 Å². The zero-order valence-corrected chi connectivity index (χ0v) is 14.3. The highest BCUT2D eigenvalue weighted by Gasteiger charge is 2.21. The first kappa shape index (κ1) is 19.5. The van der Waals surface area contributed by atoms with Crippen LogP contribution in [0.5, 0.6) is 0 Å². The van der Waals surface area contributed by atoms with Crippen LogP contribution in [0.25, 0.3) is 0 Å². The van der Waals surface area contributed by atoms with Crippen LogP contribution in [0.1, 0.15) is 50.9 Å². The molecule has 0 aromatic heterocycles. The number of ether oxygens (including phenoxy) is 1. The maximum absolute atomic E-state index is 12.0. The fraction of sp³-hybridized carbons (Fsp3) is 0.562. The number of rotatable bonds is 7. The van der Waals surface area contributed by atoms with Gasteiger partial charge in [0.15, 0.2) is 0 Å². The minimum atomic E-state index is -0.801. The minimum Gasteiger partial charge on any atom is -0.462 e. The van der Waals surface area contributed by atoms with Crippen LogP contribution < -0.4 is 0 Å². The highest BCUT2D eigenvalue weighted by atomic mass is 16.6. The van der Waals surface area contributed by atoms with Crippen LogP contribution >= 0.6 is 0 Å². The lowest BCUT2D eigenvalue weighted by molar-refractivity contribution is -0.394. The first-order valence-corrected chi connectivity index (χ1v) is 7.60. The molecule has 0 bridgehead atoms. The molecule has 0 fully saturated rings. The fourth-order valence-electron chi connectivity index (χ4n) is 2.51. The van der Waals surface area contributed by atoms with E-state index in [1.807, 2.05) is 0 Å². The van der Waals surface area contributed by atoms with Gasteiger partial charge in [-0.3, -0.25) is 20.2 Å². The van der Waals surface area contributed by atoms with Crippen molar-refractivity contribution >= 4 is 17.3 Å². The van der Waals surface area contributed by atoms with Crippen LogP contribution in [0, 0.1) is 31.6 Å². The molecule has 1 atom stereocenters. The second-order valence-electron chi connectivity index (χ2n) is 7.05. The predicted octanol–water partition coefficient (Wildman–Crippen LogP) is 4.12. The Kier molecular flexibility index (Phi) is 6.39. The van der Waals surface area contributed by atoms with E-state index in [1.54, 1.807) is 0 Å². The number of carbonyl (C=O) groups is 1. The normalized spacial score (nSPS) is 12.5. The lowest BCUT2D eigenvalue weighted by Gasteiger charge is -2.22. The van der Waals surface area contributed by atoms with Crippen molar-refractivity contribution in [2.24, 2.45) is 11.3 Å². The Morgan fingerprint density at radius 1 is 1.12 bits per heavy atom. The number of benzene rings is 1. The van der Waals surface area contributed by atoms with Crippen LogP contribution in [0.4, 0.5) is 11.4 Å². The van der Waals surface area contributed by atoms with Crippen molar-refractivity contribution in [1.82, 2.24) is 0 Å². The molecule has 0 N–H and O–H groups in total. The summed E-state index contributed by atoms with van der Waals surface area (Å²) in [5, 5.41) is 21.6. The SMILES string of the molecule is CC(CCOC(=O)c1cc([N+](=O)[O-])cc([N+](=O)[O-])c1)CC(C)(C)C. The molecule has 8 nitrogen and oxygen atoms in total. The predicted molar refractivity (Wildman–Crippen MR) is 87.9 cm³/mol. The Labute approximate surface area is 140 Å². The van der Waals surface area contributed by atoms with Gasteiger partial charge in [-0.2, -0.15) is 0 Å². The molecule has 0 saturated heterocycles. The highest BCUT2D eigenvalue weighted by Crippen LogP contribution is 2.26. The van der Waals surface area contributed by atoms with Gasteiger partial charge in [0.05, 0.1) is 28.1 Å². The minimum absolute atomic E-state index is 0.159. The molecule has 8 heteroatoms. The summed E-state index contributed by atoms with van der Waals surface area (Å²) in [4.78, 5) is 32.1. The first-order chi connectivity index (χ1) is 11.0. The van der Waals surface area contributed by atoms with Gasteiger partial charge >= 0.3 is 5.97 Å². The summed E-state index contributed by atoms with van der Waals surface area (Å²) in [6.45, 7) is 8.58. The standard InChI is InChI=1S/C16H22N2O6/c1-11(10-16(2,3)4)5-6-24-15(19)12-7-13(17(20)21)9-14(8-12)18(22)23/h7-9,11H,5-6,10H2,1-4H3. The summed E-state index contributed by atoms with van der Waals surface area (Å²) in [5.41, 5.74) is -1.06. The average Bonchev–Trinajstić information content (AvgIpc) is 2.44. The fourth-order valence-corrected chi connectivity index (χ4v) is 2.51. The second kappa shape index (κ2) is 7.85. The third-order valence-electron chi connectivity index (χ3n) is 3.36. The van der Waals surface area contributed by atoms with Gasteiger partial charge in [0.25, 0.3) is 11.4 Å². The van der Waals surface area contributed by atoms with Crippen molar-refractivity contribution in [1.29, 1.82) is 0 Å². The zero-order valence-electron chi connectivity index (χ0n) is 14.3. The summed E-state index contributed by atoms with van der Waals surface area (Å²) in [7, 11) is 0. The molecule has 0 radical (unpaired) electrons. The van der Waals surface area contributed by atoms with E-state index in [0.717, 1.165) is 24.6 Å². The molecule has 0 amide bonds. The molecule has 1 aromatic carbocycles. The summed E-state index contributed by atoms with van der Waals surface area (Å²) >= 11 is 0. The average molecular weight is 338 g/mol. The third-order valence-corrected chi connectivity index (χ3v) is 3.36. The number of hydrogen-bond donors (Lipinski definition) is 0. The molecule has 0 saturated carbocycles. The molecule has 1 unspecified atom stereocenters. The van der Waals surface area contributed by atoms with Crippen molar-refractivity contribution in [3.05, 3.63) is 44.0 Å². The largest absolute Gasteiger partial charge is 0.462 e. The second-order valence-corrected chi connectivity index (χ2v) is 7.05.